The van der Waals surface area contributed by atoms with Crippen LogP contribution < -0.4 is 10.6 Å². The second-order valence-electron chi connectivity index (χ2n) is 6.09. The van der Waals surface area contributed by atoms with Gasteiger partial charge in [-0.2, -0.15) is 0 Å². The first-order valence-corrected chi connectivity index (χ1v) is 9.26. The fraction of sp³-hybridized carbons (Fsp3) is 0.238. The molecular weight excluding hydrogens is 376 g/mol. The standard InChI is InChI=1S/C21H22N2O4S/c1-15(24)17-7-9-18(10-8-17)22-21(28)23-19(25)11-12-20(26)27-14-13-16-5-3-2-4-6-16/h2-10H,11-14H2,1H3,(H2,22,23,25,28). The maximum absolute atomic E-state index is 11.9. The predicted octanol–water partition coefficient (Wildman–Crippen LogP) is 3.27. The molecule has 0 saturated heterocycles. The van der Waals surface area contributed by atoms with Gasteiger partial charge in [0, 0.05) is 24.1 Å². The molecule has 0 unspecified atom stereocenters. The van der Waals surface area contributed by atoms with E-state index in [1.807, 2.05) is 30.3 Å². The number of nitrogens with one attached hydrogen (secondary N) is 2. The van der Waals surface area contributed by atoms with Crippen molar-refractivity contribution in [3.8, 4) is 0 Å². The van der Waals surface area contributed by atoms with Crippen LogP contribution in [0.4, 0.5) is 5.69 Å². The van der Waals surface area contributed by atoms with Crippen LogP contribution in [0, 0.1) is 0 Å². The minimum atomic E-state index is -0.426. The highest BCUT2D eigenvalue weighted by molar-refractivity contribution is 7.80. The summed E-state index contributed by atoms with van der Waals surface area (Å²) in [6.07, 6.45) is 0.598. The van der Waals surface area contributed by atoms with E-state index in [9.17, 15) is 14.4 Å². The van der Waals surface area contributed by atoms with Crippen LogP contribution in [-0.4, -0.2) is 29.4 Å². The van der Waals surface area contributed by atoms with Gasteiger partial charge in [-0.3, -0.25) is 14.4 Å². The number of Topliss-reactive ketones (excluding diaryl/α,β-unsaturated/α-hetero) is 1. The van der Waals surface area contributed by atoms with E-state index in [1.54, 1.807) is 24.3 Å². The summed E-state index contributed by atoms with van der Waals surface area (Å²) in [7, 11) is 0. The molecule has 0 bridgehead atoms. The summed E-state index contributed by atoms with van der Waals surface area (Å²) in [5.41, 5.74) is 2.32. The summed E-state index contributed by atoms with van der Waals surface area (Å²) in [5, 5.41) is 5.48. The highest BCUT2D eigenvalue weighted by atomic mass is 32.1. The number of hydrogen-bond acceptors (Lipinski definition) is 5. The molecule has 0 atom stereocenters. The third kappa shape index (κ3) is 7.67. The van der Waals surface area contributed by atoms with Gasteiger partial charge in [0.2, 0.25) is 5.91 Å². The zero-order valence-corrected chi connectivity index (χ0v) is 16.4. The topological polar surface area (TPSA) is 84.5 Å². The number of ketones is 1. The zero-order valence-electron chi connectivity index (χ0n) is 15.6. The van der Waals surface area contributed by atoms with E-state index in [4.69, 9.17) is 17.0 Å². The Bertz CT molecular complexity index is 835. The van der Waals surface area contributed by atoms with E-state index in [-0.39, 0.29) is 36.3 Å². The molecule has 0 saturated carbocycles. The molecule has 6 nitrogen and oxygen atoms in total. The normalized spacial score (nSPS) is 10.0. The van der Waals surface area contributed by atoms with Crippen LogP contribution in [0.2, 0.25) is 0 Å². The molecule has 0 aliphatic rings. The molecule has 0 heterocycles. The van der Waals surface area contributed by atoms with Crippen molar-refractivity contribution in [2.45, 2.75) is 26.2 Å². The molecule has 0 radical (unpaired) electrons. The van der Waals surface area contributed by atoms with Crippen LogP contribution in [0.3, 0.4) is 0 Å². The average molecular weight is 398 g/mol. The Hall–Kier alpha value is -3.06. The fourth-order valence-electron chi connectivity index (χ4n) is 2.35. The second kappa shape index (κ2) is 10.9. The Balaban J connectivity index is 1.64. The van der Waals surface area contributed by atoms with E-state index in [0.717, 1.165) is 5.56 Å². The van der Waals surface area contributed by atoms with Gasteiger partial charge in [-0.25, -0.2) is 0 Å². The van der Waals surface area contributed by atoms with Gasteiger partial charge >= 0.3 is 5.97 Å². The molecule has 0 aromatic heterocycles. The number of hydrogen-bond donors (Lipinski definition) is 2. The smallest absolute Gasteiger partial charge is 0.306 e. The van der Waals surface area contributed by atoms with E-state index in [1.165, 1.54) is 6.92 Å². The number of carbonyl (C=O) groups is 3. The van der Waals surface area contributed by atoms with Gasteiger partial charge in [-0.1, -0.05) is 30.3 Å². The average Bonchev–Trinajstić information content (AvgIpc) is 2.67. The SMILES string of the molecule is CC(=O)c1ccc(NC(=S)NC(=O)CCC(=O)OCCc2ccccc2)cc1. The maximum Gasteiger partial charge on any atom is 0.306 e. The van der Waals surface area contributed by atoms with Crippen molar-refractivity contribution < 1.29 is 19.1 Å². The quantitative estimate of drug-likeness (QED) is 0.403. The Morgan fingerprint density at radius 3 is 2.29 bits per heavy atom. The van der Waals surface area contributed by atoms with Crippen LogP contribution in [0.1, 0.15) is 35.7 Å². The van der Waals surface area contributed by atoms with Gasteiger partial charge in [0.15, 0.2) is 10.9 Å². The van der Waals surface area contributed by atoms with Crippen molar-refractivity contribution in [3.05, 3.63) is 65.7 Å². The number of thiocarbonyl (C=S) groups is 1. The van der Waals surface area contributed by atoms with Gasteiger partial charge in [-0.05, 0) is 49.0 Å². The zero-order chi connectivity index (χ0) is 20.4. The second-order valence-corrected chi connectivity index (χ2v) is 6.50. The van der Waals surface area contributed by atoms with Crippen molar-refractivity contribution in [1.29, 1.82) is 0 Å². The molecular formula is C21H22N2O4S. The van der Waals surface area contributed by atoms with Crippen molar-refractivity contribution in [2.24, 2.45) is 0 Å². The van der Waals surface area contributed by atoms with Crippen molar-refractivity contribution in [2.75, 3.05) is 11.9 Å². The number of anilines is 1. The lowest BCUT2D eigenvalue weighted by Gasteiger charge is -2.10. The molecule has 7 heteroatoms. The molecule has 0 aliphatic heterocycles. The third-order valence-electron chi connectivity index (χ3n) is 3.86. The molecule has 1 amide bonds. The summed E-state index contributed by atoms with van der Waals surface area (Å²) < 4.78 is 5.13. The van der Waals surface area contributed by atoms with Crippen LogP contribution >= 0.6 is 12.2 Å². The molecule has 0 fully saturated rings. The predicted molar refractivity (Wildman–Crippen MR) is 111 cm³/mol. The summed E-state index contributed by atoms with van der Waals surface area (Å²) in [4.78, 5) is 34.9. The molecule has 0 spiro atoms. The van der Waals surface area contributed by atoms with Gasteiger partial charge in [0.05, 0.1) is 13.0 Å². The number of benzene rings is 2. The molecule has 2 aromatic carbocycles. The Morgan fingerprint density at radius 1 is 0.964 bits per heavy atom. The molecule has 2 rings (SSSR count). The lowest BCUT2D eigenvalue weighted by Crippen LogP contribution is -2.34. The highest BCUT2D eigenvalue weighted by Crippen LogP contribution is 2.10. The number of esters is 1. The van der Waals surface area contributed by atoms with Gasteiger partial charge < -0.3 is 15.4 Å². The Kier molecular flexibility index (Phi) is 8.30. The third-order valence-corrected chi connectivity index (χ3v) is 4.06. The largest absolute Gasteiger partial charge is 0.465 e. The Labute approximate surface area is 169 Å². The minimum Gasteiger partial charge on any atom is -0.465 e. The number of ether oxygens (including phenoxy) is 1. The van der Waals surface area contributed by atoms with Crippen molar-refractivity contribution in [3.63, 3.8) is 0 Å². The summed E-state index contributed by atoms with van der Waals surface area (Å²) in [5.74, 6) is -0.833. The summed E-state index contributed by atoms with van der Waals surface area (Å²) in [6, 6.07) is 16.4. The van der Waals surface area contributed by atoms with E-state index < -0.39 is 5.97 Å². The lowest BCUT2D eigenvalue weighted by molar-refractivity contribution is -0.144. The van der Waals surface area contributed by atoms with Crippen LogP contribution in [-0.2, 0) is 20.7 Å². The van der Waals surface area contributed by atoms with E-state index in [0.29, 0.717) is 17.7 Å². The van der Waals surface area contributed by atoms with Crippen molar-refractivity contribution in [1.82, 2.24) is 5.32 Å². The van der Waals surface area contributed by atoms with E-state index in [2.05, 4.69) is 10.6 Å². The molecule has 146 valence electrons. The first kappa shape index (κ1) is 21.2. The Morgan fingerprint density at radius 2 is 1.64 bits per heavy atom. The van der Waals surface area contributed by atoms with Crippen LogP contribution in [0.5, 0.6) is 0 Å². The molecule has 2 N–H and O–H groups in total. The van der Waals surface area contributed by atoms with Crippen LogP contribution in [0.25, 0.3) is 0 Å². The first-order valence-electron chi connectivity index (χ1n) is 8.85. The lowest BCUT2D eigenvalue weighted by atomic mass is 10.1. The number of amides is 1. The van der Waals surface area contributed by atoms with E-state index >= 15 is 0 Å². The molecule has 28 heavy (non-hydrogen) atoms. The van der Waals surface area contributed by atoms with Gasteiger partial charge in [-0.15, -0.1) is 0 Å². The molecule has 0 aliphatic carbocycles. The van der Waals surface area contributed by atoms with Gasteiger partial charge in [0.1, 0.15) is 0 Å². The summed E-state index contributed by atoms with van der Waals surface area (Å²) in [6.45, 7) is 1.76. The fourth-order valence-corrected chi connectivity index (χ4v) is 2.59. The molecule has 2 aromatic rings. The van der Waals surface area contributed by atoms with Crippen LogP contribution in [0.15, 0.2) is 54.6 Å². The van der Waals surface area contributed by atoms with Crippen molar-refractivity contribution >= 4 is 40.7 Å². The minimum absolute atomic E-state index is 0.0173. The number of rotatable bonds is 8. The van der Waals surface area contributed by atoms with Gasteiger partial charge in [0.25, 0.3) is 0 Å². The maximum atomic E-state index is 11.9. The monoisotopic (exact) mass is 398 g/mol. The summed E-state index contributed by atoms with van der Waals surface area (Å²) >= 11 is 5.07. The number of carbonyl (C=O) groups excluding carboxylic acids is 3. The highest BCUT2D eigenvalue weighted by Gasteiger charge is 2.10. The first-order chi connectivity index (χ1) is 13.4.